The first-order valence-corrected chi connectivity index (χ1v) is 8.17. The first-order chi connectivity index (χ1) is 12.2. The van der Waals surface area contributed by atoms with Crippen molar-refractivity contribution in [2.45, 2.75) is 6.92 Å². The molecule has 0 radical (unpaired) electrons. The maximum atomic E-state index is 12.0. The normalized spacial score (nSPS) is 10.6. The molecule has 1 amide bonds. The minimum absolute atomic E-state index is 0.149. The van der Waals surface area contributed by atoms with Crippen LogP contribution in [0.2, 0.25) is 0 Å². The molecule has 3 nitrogen and oxygen atoms in total. The molecule has 3 rings (SSSR count). The second-order valence-corrected chi connectivity index (χ2v) is 5.80. The Morgan fingerprint density at radius 1 is 0.760 bits per heavy atom. The molecular formula is C22H20N2O. The summed E-state index contributed by atoms with van der Waals surface area (Å²) >= 11 is 0. The van der Waals surface area contributed by atoms with Gasteiger partial charge in [0.1, 0.15) is 0 Å². The topological polar surface area (TPSA) is 41.1 Å². The summed E-state index contributed by atoms with van der Waals surface area (Å²) in [5, 5.41) is 6.17. The zero-order chi connectivity index (χ0) is 17.5. The highest BCUT2D eigenvalue weighted by atomic mass is 16.1. The highest BCUT2D eigenvalue weighted by Crippen LogP contribution is 2.18. The number of rotatable bonds is 5. The first kappa shape index (κ1) is 16.5. The van der Waals surface area contributed by atoms with Gasteiger partial charge in [-0.15, -0.1) is 0 Å². The molecule has 124 valence electrons. The van der Waals surface area contributed by atoms with Crippen LogP contribution in [0.15, 0.2) is 84.9 Å². The second-order valence-electron chi connectivity index (χ2n) is 5.80. The summed E-state index contributed by atoms with van der Waals surface area (Å²) < 4.78 is 0. The average molecular weight is 328 g/mol. The third-order valence-electron chi connectivity index (χ3n) is 3.72. The van der Waals surface area contributed by atoms with Crippen molar-refractivity contribution in [1.82, 2.24) is 0 Å². The lowest BCUT2D eigenvalue weighted by Gasteiger charge is -2.07. The Morgan fingerprint density at radius 3 is 2.04 bits per heavy atom. The summed E-state index contributed by atoms with van der Waals surface area (Å²) in [6, 6.07) is 25.6. The zero-order valence-electron chi connectivity index (χ0n) is 14.1. The summed E-state index contributed by atoms with van der Waals surface area (Å²) in [6.45, 7) is 2.04. The highest BCUT2D eigenvalue weighted by Gasteiger charge is 1.99. The number of amides is 1. The Morgan fingerprint density at radius 2 is 1.36 bits per heavy atom. The summed E-state index contributed by atoms with van der Waals surface area (Å²) in [5.74, 6) is -0.149. The predicted molar refractivity (Wildman–Crippen MR) is 105 cm³/mol. The predicted octanol–water partition coefficient (Wildman–Crippen LogP) is 5.39. The van der Waals surface area contributed by atoms with Gasteiger partial charge in [0.25, 0.3) is 0 Å². The molecule has 0 unspecified atom stereocenters. The van der Waals surface area contributed by atoms with Crippen molar-refractivity contribution in [2.24, 2.45) is 0 Å². The lowest BCUT2D eigenvalue weighted by molar-refractivity contribution is -0.111. The quantitative estimate of drug-likeness (QED) is 0.616. The number of anilines is 3. The minimum atomic E-state index is -0.149. The van der Waals surface area contributed by atoms with Crippen molar-refractivity contribution in [2.75, 3.05) is 10.6 Å². The van der Waals surface area contributed by atoms with Crippen LogP contribution in [0.5, 0.6) is 0 Å². The molecule has 0 aliphatic heterocycles. The van der Waals surface area contributed by atoms with Gasteiger partial charge >= 0.3 is 0 Å². The maximum absolute atomic E-state index is 12.0. The van der Waals surface area contributed by atoms with Crippen LogP contribution >= 0.6 is 0 Å². The van der Waals surface area contributed by atoms with Crippen LogP contribution in [0.1, 0.15) is 11.1 Å². The van der Waals surface area contributed by atoms with Crippen molar-refractivity contribution < 1.29 is 4.79 Å². The number of benzene rings is 3. The number of carbonyl (C=O) groups excluding carboxylic acids is 1. The van der Waals surface area contributed by atoms with Crippen molar-refractivity contribution in [3.63, 3.8) is 0 Å². The van der Waals surface area contributed by atoms with Gasteiger partial charge in [0.05, 0.1) is 0 Å². The van der Waals surface area contributed by atoms with Crippen LogP contribution in [0.3, 0.4) is 0 Å². The molecule has 0 spiro atoms. The number of para-hydroxylation sites is 1. The van der Waals surface area contributed by atoms with E-state index in [9.17, 15) is 4.79 Å². The molecule has 0 atom stereocenters. The van der Waals surface area contributed by atoms with Gasteiger partial charge in [0.2, 0.25) is 5.91 Å². The van der Waals surface area contributed by atoms with Crippen molar-refractivity contribution in [3.8, 4) is 0 Å². The van der Waals surface area contributed by atoms with Crippen LogP contribution in [0, 0.1) is 6.92 Å². The lowest BCUT2D eigenvalue weighted by Crippen LogP contribution is -2.07. The molecule has 0 saturated heterocycles. The highest BCUT2D eigenvalue weighted by molar-refractivity contribution is 6.02. The van der Waals surface area contributed by atoms with E-state index in [1.165, 1.54) is 5.56 Å². The largest absolute Gasteiger partial charge is 0.356 e. The monoisotopic (exact) mass is 328 g/mol. The molecule has 3 heteroatoms. The molecule has 0 heterocycles. The van der Waals surface area contributed by atoms with Gasteiger partial charge in [-0.1, -0.05) is 48.0 Å². The smallest absolute Gasteiger partial charge is 0.248 e. The summed E-state index contributed by atoms with van der Waals surface area (Å²) in [4.78, 5) is 12.0. The molecule has 25 heavy (non-hydrogen) atoms. The van der Waals surface area contributed by atoms with E-state index in [4.69, 9.17) is 0 Å². The van der Waals surface area contributed by atoms with E-state index in [0.29, 0.717) is 0 Å². The van der Waals surface area contributed by atoms with Crippen molar-refractivity contribution in [1.29, 1.82) is 0 Å². The van der Waals surface area contributed by atoms with Crippen LogP contribution in [0.4, 0.5) is 17.1 Å². The molecule has 0 saturated carbocycles. The fourth-order valence-electron chi connectivity index (χ4n) is 2.36. The second kappa shape index (κ2) is 7.97. The number of aryl methyl sites for hydroxylation is 1. The maximum Gasteiger partial charge on any atom is 0.248 e. The fraction of sp³-hybridized carbons (Fsp3) is 0.0455. The van der Waals surface area contributed by atoms with Crippen LogP contribution in [-0.2, 0) is 4.79 Å². The first-order valence-electron chi connectivity index (χ1n) is 8.17. The molecule has 0 bridgehead atoms. The van der Waals surface area contributed by atoms with E-state index in [1.807, 2.05) is 85.8 Å². The Hall–Kier alpha value is -3.33. The molecule has 0 aliphatic rings. The SMILES string of the molecule is Cc1ccc(/C=C/C(=O)Nc2ccc(Nc3ccccc3)cc2)cc1. The molecule has 0 fully saturated rings. The van der Waals surface area contributed by atoms with Gasteiger partial charge in [0.15, 0.2) is 0 Å². The van der Waals surface area contributed by atoms with Gasteiger partial charge < -0.3 is 10.6 Å². The van der Waals surface area contributed by atoms with Crippen LogP contribution in [-0.4, -0.2) is 5.91 Å². The molecule has 3 aromatic carbocycles. The van der Waals surface area contributed by atoms with Crippen molar-refractivity contribution >= 4 is 29.0 Å². The Balaban J connectivity index is 1.57. The summed E-state index contributed by atoms with van der Waals surface area (Å²) in [5.41, 5.74) is 4.96. The van der Waals surface area contributed by atoms with Gasteiger partial charge in [-0.25, -0.2) is 0 Å². The van der Waals surface area contributed by atoms with E-state index in [1.54, 1.807) is 12.2 Å². The summed E-state index contributed by atoms with van der Waals surface area (Å²) in [6.07, 6.45) is 3.35. The average Bonchev–Trinajstić information content (AvgIpc) is 2.64. The van der Waals surface area contributed by atoms with Crippen LogP contribution < -0.4 is 10.6 Å². The van der Waals surface area contributed by atoms with E-state index < -0.39 is 0 Å². The molecule has 2 N–H and O–H groups in total. The number of nitrogens with one attached hydrogen (secondary N) is 2. The van der Waals surface area contributed by atoms with Crippen LogP contribution in [0.25, 0.3) is 6.08 Å². The van der Waals surface area contributed by atoms with E-state index in [-0.39, 0.29) is 5.91 Å². The lowest BCUT2D eigenvalue weighted by atomic mass is 10.1. The Labute approximate surface area is 148 Å². The van der Waals surface area contributed by atoms with Gasteiger partial charge in [-0.05, 0) is 55.0 Å². The number of hydrogen-bond acceptors (Lipinski definition) is 2. The summed E-state index contributed by atoms with van der Waals surface area (Å²) in [7, 11) is 0. The molecular weight excluding hydrogens is 308 g/mol. The standard InChI is InChI=1S/C22H20N2O/c1-17-7-9-18(10-8-17)11-16-22(25)24-21-14-12-20(13-15-21)23-19-5-3-2-4-6-19/h2-16,23H,1H3,(H,24,25)/b16-11+. The number of carbonyl (C=O) groups is 1. The van der Waals surface area contributed by atoms with E-state index in [0.717, 1.165) is 22.6 Å². The van der Waals surface area contributed by atoms with E-state index in [2.05, 4.69) is 10.6 Å². The fourth-order valence-corrected chi connectivity index (χ4v) is 2.36. The minimum Gasteiger partial charge on any atom is -0.356 e. The zero-order valence-corrected chi connectivity index (χ0v) is 14.1. The molecule has 3 aromatic rings. The van der Waals surface area contributed by atoms with E-state index >= 15 is 0 Å². The third kappa shape index (κ3) is 5.08. The molecule has 0 aromatic heterocycles. The Bertz CT molecular complexity index is 851. The third-order valence-corrected chi connectivity index (χ3v) is 3.72. The van der Waals surface area contributed by atoms with Gasteiger partial charge in [0, 0.05) is 23.1 Å². The number of hydrogen-bond donors (Lipinski definition) is 2. The molecule has 0 aliphatic carbocycles. The van der Waals surface area contributed by atoms with Gasteiger partial charge in [-0.2, -0.15) is 0 Å². The van der Waals surface area contributed by atoms with Gasteiger partial charge in [-0.3, -0.25) is 4.79 Å². The van der Waals surface area contributed by atoms with Crippen molar-refractivity contribution in [3.05, 3.63) is 96.1 Å². The Kier molecular flexibility index (Phi) is 5.27.